The third-order valence-corrected chi connectivity index (χ3v) is 6.65. The van der Waals surface area contributed by atoms with Gasteiger partial charge >= 0.3 is 5.97 Å². The minimum Gasteiger partial charge on any atom is -0.462 e. The molecule has 0 atom stereocenters. The minimum atomic E-state index is -0.435. The van der Waals surface area contributed by atoms with E-state index in [0.29, 0.717) is 37.6 Å². The molecule has 0 radical (unpaired) electrons. The molecule has 8 heteroatoms. The van der Waals surface area contributed by atoms with Crippen LogP contribution in [0.5, 0.6) is 0 Å². The quantitative estimate of drug-likeness (QED) is 0.333. The fraction of sp³-hybridized carbons (Fsp3) is 0.240. The monoisotopic (exact) mass is 480 g/mol. The van der Waals surface area contributed by atoms with Crippen LogP contribution in [-0.2, 0) is 17.6 Å². The van der Waals surface area contributed by atoms with Gasteiger partial charge in [-0.1, -0.05) is 36.0 Å². The number of aromatic amines is 1. The number of aromatic nitrogens is 2. The Morgan fingerprint density at radius 1 is 1.24 bits per heavy atom. The van der Waals surface area contributed by atoms with Gasteiger partial charge in [0.05, 0.1) is 16.8 Å². The highest BCUT2D eigenvalue weighted by atomic mass is 35.5. The summed E-state index contributed by atoms with van der Waals surface area (Å²) in [6.07, 6.45) is 5.13. The van der Waals surface area contributed by atoms with E-state index in [4.69, 9.17) is 33.0 Å². The molecule has 0 aliphatic heterocycles. The fourth-order valence-electron chi connectivity index (χ4n) is 4.46. The van der Waals surface area contributed by atoms with Crippen LogP contribution in [0.3, 0.4) is 0 Å². The van der Waals surface area contributed by atoms with Gasteiger partial charge in [0.2, 0.25) is 0 Å². The lowest BCUT2D eigenvalue weighted by molar-refractivity contribution is 0.0527. The number of nitrogens with zero attached hydrogens (tertiary/aromatic N) is 1. The summed E-state index contributed by atoms with van der Waals surface area (Å²) in [7, 11) is 0. The first kappa shape index (κ1) is 21.7. The van der Waals surface area contributed by atoms with Gasteiger partial charge in [0.25, 0.3) is 5.56 Å². The summed E-state index contributed by atoms with van der Waals surface area (Å²) < 4.78 is 13.4. The molecule has 3 aromatic heterocycles. The molecule has 33 heavy (non-hydrogen) atoms. The number of furan rings is 1. The number of esters is 1. The Hall–Kier alpha value is -3.16. The van der Waals surface area contributed by atoms with Crippen LogP contribution in [0.4, 0.5) is 0 Å². The van der Waals surface area contributed by atoms with Crippen molar-refractivity contribution in [3.05, 3.63) is 84.2 Å². The van der Waals surface area contributed by atoms with Crippen molar-refractivity contribution in [3.8, 4) is 11.3 Å². The van der Waals surface area contributed by atoms with Crippen molar-refractivity contribution >= 4 is 41.5 Å². The van der Waals surface area contributed by atoms with Crippen LogP contribution in [0, 0.1) is 4.64 Å². The number of hydrogen-bond acceptors (Lipinski definition) is 5. The van der Waals surface area contributed by atoms with Crippen molar-refractivity contribution in [2.24, 2.45) is 0 Å². The predicted octanol–water partition coefficient (Wildman–Crippen LogP) is 4.87. The molecule has 4 aromatic rings. The van der Waals surface area contributed by atoms with E-state index in [2.05, 4.69) is 4.98 Å². The van der Waals surface area contributed by atoms with Crippen LogP contribution in [0.15, 0.2) is 45.6 Å². The Kier molecular flexibility index (Phi) is 5.68. The van der Waals surface area contributed by atoms with E-state index in [-0.39, 0.29) is 12.2 Å². The Morgan fingerprint density at radius 2 is 2.03 bits per heavy atom. The van der Waals surface area contributed by atoms with Gasteiger partial charge in [-0.15, -0.1) is 0 Å². The first-order valence-electron chi connectivity index (χ1n) is 10.9. The maximum Gasteiger partial charge on any atom is 0.342 e. The molecule has 0 saturated carbocycles. The molecule has 0 spiro atoms. The molecule has 0 saturated heterocycles. The van der Waals surface area contributed by atoms with E-state index in [1.807, 2.05) is 22.6 Å². The number of nitrogens with one attached hydrogen (secondary N) is 1. The zero-order chi connectivity index (χ0) is 23.1. The van der Waals surface area contributed by atoms with Crippen molar-refractivity contribution in [2.75, 3.05) is 6.61 Å². The minimum absolute atomic E-state index is 0.258. The molecule has 6 nitrogen and oxygen atoms in total. The van der Waals surface area contributed by atoms with Crippen LogP contribution in [0.2, 0.25) is 5.02 Å². The number of rotatable bonds is 4. The number of ether oxygens (including phenoxy) is 1. The van der Waals surface area contributed by atoms with E-state index in [9.17, 15) is 9.59 Å². The molecule has 168 valence electrons. The van der Waals surface area contributed by atoms with Gasteiger partial charge in [0, 0.05) is 11.3 Å². The molecule has 0 bridgehead atoms. The van der Waals surface area contributed by atoms with Crippen molar-refractivity contribution < 1.29 is 13.9 Å². The second kappa shape index (κ2) is 8.65. The summed E-state index contributed by atoms with van der Waals surface area (Å²) in [6.45, 7) is 2.02. The van der Waals surface area contributed by atoms with Crippen LogP contribution < -0.4 is 10.8 Å². The average molecular weight is 481 g/mol. The van der Waals surface area contributed by atoms with E-state index in [0.717, 1.165) is 42.5 Å². The predicted molar refractivity (Wildman–Crippen MR) is 129 cm³/mol. The van der Waals surface area contributed by atoms with Crippen LogP contribution >= 0.6 is 23.8 Å². The van der Waals surface area contributed by atoms with Crippen molar-refractivity contribution in [2.45, 2.75) is 32.6 Å². The number of carbonyl (C=O) groups excluding carboxylic acids is 1. The van der Waals surface area contributed by atoms with Gasteiger partial charge in [0.1, 0.15) is 27.4 Å². The highest BCUT2D eigenvalue weighted by Crippen LogP contribution is 2.31. The normalized spacial score (nSPS) is 13.9. The van der Waals surface area contributed by atoms with Crippen molar-refractivity contribution in [1.82, 2.24) is 9.38 Å². The Morgan fingerprint density at radius 3 is 2.82 bits per heavy atom. The summed E-state index contributed by atoms with van der Waals surface area (Å²) in [4.78, 5) is 28.7. The number of aryl methyl sites for hydroxylation is 1. The molecule has 3 heterocycles. The summed E-state index contributed by atoms with van der Waals surface area (Å²) in [5, 5.41) is 0.878. The zero-order valence-corrected chi connectivity index (χ0v) is 19.5. The highest BCUT2D eigenvalue weighted by Gasteiger charge is 2.27. The maximum atomic E-state index is 13.1. The summed E-state index contributed by atoms with van der Waals surface area (Å²) in [5.41, 5.74) is 3.08. The molecule has 1 N–H and O–H groups in total. The molecule has 5 rings (SSSR count). The fourth-order valence-corrected chi connectivity index (χ4v) is 5.04. The van der Waals surface area contributed by atoms with Crippen molar-refractivity contribution in [3.63, 3.8) is 0 Å². The van der Waals surface area contributed by atoms with Crippen LogP contribution in [-0.4, -0.2) is 22.0 Å². The third-order valence-electron chi connectivity index (χ3n) is 5.91. The summed E-state index contributed by atoms with van der Waals surface area (Å²) in [6, 6.07) is 11.0. The average Bonchev–Trinajstić information content (AvgIpc) is 3.39. The summed E-state index contributed by atoms with van der Waals surface area (Å²) in [5.74, 6) is 0.640. The zero-order valence-electron chi connectivity index (χ0n) is 17.9. The first-order chi connectivity index (χ1) is 16.0. The van der Waals surface area contributed by atoms with Crippen LogP contribution in [0.25, 0.3) is 23.0 Å². The first-order valence-corrected chi connectivity index (χ1v) is 11.6. The SMILES string of the molecule is CCOC(=O)c1c2c(n3c(=S)c(=Cc4ccc(-c5ccccc5Cl)o4)c(=O)[nH]c13)CCCC2. The second-order valence-electron chi connectivity index (χ2n) is 7.91. The number of benzene rings is 1. The van der Waals surface area contributed by atoms with E-state index in [1.54, 1.807) is 31.2 Å². The van der Waals surface area contributed by atoms with Gasteiger partial charge < -0.3 is 14.1 Å². The molecule has 1 aromatic carbocycles. The lowest BCUT2D eigenvalue weighted by Crippen LogP contribution is -2.31. The third kappa shape index (κ3) is 3.71. The Bertz CT molecular complexity index is 1560. The summed E-state index contributed by atoms with van der Waals surface area (Å²) >= 11 is 12.0. The second-order valence-corrected chi connectivity index (χ2v) is 8.70. The van der Waals surface area contributed by atoms with E-state index < -0.39 is 5.97 Å². The standard InChI is InChI=1S/C25H21ClN2O4S/c1-2-31-25(30)21-16-8-4-6-10-19(16)28-22(21)27-23(29)17(24(28)33)13-14-11-12-20(32-14)15-7-3-5-9-18(15)26/h3,5,7,9,11-13H,2,4,6,8,10H2,1H3,(H,27,29). The van der Waals surface area contributed by atoms with Gasteiger partial charge in [-0.2, -0.15) is 0 Å². The molecule has 1 aliphatic carbocycles. The highest BCUT2D eigenvalue weighted by molar-refractivity contribution is 7.71. The molecule has 0 amide bonds. The van der Waals surface area contributed by atoms with Gasteiger partial charge in [-0.3, -0.25) is 9.20 Å². The van der Waals surface area contributed by atoms with Gasteiger partial charge in [0.15, 0.2) is 0 Å². The maximum absolute atomic E-state index is 13.1. The number of fused-ring (bicyclic) bond motifs is 3. The molecular weight excluding hydrogens is 460 g/mol. The lowest BCUT2D eigenvalue weighted by Gasteiger charge is -2.12. The number of hydrogen-bond donors (Lipinski definition) is 1. The lowest BCUT2D eigenvalue weighted by atomic mass is 9.95. The van der Waals surface area contributed by atoms with E-state index in [1.165, 1.54) is 0 Å². The molecular formula is C25H21ClN2O4S. The van der Waals surface area contributed by atoms with Crippen LogP contribution in [0.1, 0.15) is 47.1 Å². The number of H-pyrrole nitrogens is 1. The number of carbonyl (C=O) groups is 1. The Balaban J connectivity index is 1.71. The van der Waals surface area contributed by atoms with Gasteiger partial charge in [-0.05, 0) is 68.5 Å². The number of halogens is 1. The van der Waals surface area contributed by atoms with Gasteiger partial charge in [-0.25, -0.2) is 4.79 Å². The van der Waals surface area contributed by atoms with E-state index >= 15 is 0 Å². The largest absolute Gasteiger partial charge is 0.462 e. The topological polar surface area (TPSA) is 76.7 Å². The molecule has 0 fully saturated rings. The Labute approximate surface area is 199 Å². The smallest absolute Gasteiger partial charge is 0.342 e. The molecule has 1 aliphatic rings. The van der Waals surface area contributed by atoms with Crippen molar-refractivity contribution in [1.29, 1.82) is 0 Å². The molecule has 0 unspecified atom stereocenters.